The Morgan fingerprint density at radius 3 is 2.72 bits per heavy atom. The lowest BCUT2D eigenvalue weighted by atomic mass is 10.0. The molecule has 7 heteroatoms. The molecule has 0 N–H and O–H groups in total. The largest absolute Gasteiger partial charge is 0.414 e. The van der Waals surface area contributed by atoms with Crippen molar-refractivity contribution in [2.75, 3.05) is 0 Å². The van der Waals surface area contributed by atoms with Crippen molar-refractivity contribution >= 4 is 23.3 Å². The Kier molecular flexibility index (Phi) is 4.78. The van der Waals surface area contributed by atoms with E-state index in [4.69, 9.17) is 5.26 Å². The third kappa shape index (κ3) is 3.33. The predicted octanol–water partition coefficient (Wildman–Crippen LogP) is 4.04. The van der Waals surface area contributed by atoms with Gasteiger partial charge in [0.15, 0.2) is 0 Å². The molecular weight excluding hydrogens is 278 g/mol. The smallest absolute Gasteiger partial charge is 0.388 e. The molecule has 2 rings (SSSR count). The maximum atomic E-state index is 12.1. The van der Waals surface area contributed by atoms with Gasteiger partial charge < -0.3 is 4.74 Å². The molecule has 0 amide bonds. The van der Waals surface area contributed by atoms with Crippen molar-refractivity contribution in [2.45, 2.75) is 48.2 Å². The normalized spacial score (nSPS) is 16.8. The fourth-order valence-corrected chi connectivity index (χ4v) is 4.27. The average Bonchev–Trinajstić information content (AvgIpc) is 2.72. The highest BCUT2D eigenvalue weighted by Gasteiger charge is 2.22. The van der Waals surface area contributed by atoms with Crippen LogP contribution in [0, 0.1) is 11.3 Å². The van der Waals surface area contributed by atoms with Crippen molar-refractivity contribution in [3.8, 4) is 11.9 Å². The summed E-state index contributed by atoms with van der Waals surface area (Å²) in [6.45, 7) is -2.94. The number of ether oxygens (including phenoxy) is 1. The minimum atomic E-state index is -2.94. The fraction of sp³-hybridized carbons (Fsp3) is 0.636. The van der Waals surface area contributed by atoms with Crippen LogP contribution in [0.2, 0.25) is 0 Å². The lowest BCUT2D eigenvalue weighted by Crippen LogP contribution is -2.07. The fourth-order valence-electron chi connectivity index (χ4n) is 1.93. The number of nitriles is 1. The molecule has 18 heavy (non-hydrogen) atoms. The van der Waals surface area contributed by atoms with Crippen LogP contribution in [0.15, 0.2) is 4.21 Å². The zero-order chi connectivity index (χ0) is 13.0. The molecular formula is C11H12F2N2OS2. The summed E-state index contributed by atoms with van der Waals surface area (Å²) in [7, 11) is 0. The van der Waals surface area contributed by atoms with Crippen LogP contribution in [0.25, 0.3) is 0 Å². The Morgan fingerprint density at radius 1 is 1.39 bits per heavy atom. The number of rotatable bonds is 4. The molecule has 0 bridgehead atoms. The van der Waals surface area contributed by atoms with Gasteiger partial charge in [0.25, 0.3) is 0 Å². The maximum absolute atomic E-state index is 12.1. The second-order valence-electron chi connectivity index (χ2n) is 4.02. The number of thioether (sulfide) groups is 1. The number of hydrogen-bond donors (Lipinski definition) is 0. The number of nitrogens with zero attached hydrogens (tertiary/aromatic N) is 2. The summed E-state index contributed by atoms with van der Waals surface area (Å²) in [5.74, 6) is -0.240. The van der Waals surface area contributed by atoms with E-state index in [1.54, 1.807) is 11.8 Å². The van der Waals surface area contributed by atoms with E-state index in [1.165, 1.54) is 19.3 Å². The average molecular weight is 290 g/mol. The zero-order valence-corrected chi connectivity index (χ0v) is 11.2. The lowest BCUT2D eigenvalue weighted by Gasteiger charge is -2.19. The molecule has 1 heterocycles. The number of halogens is 2. The Morgan fingerprint density at radius 2 is 2.11 bits per heavy atom. The van der Waals surface area contributed by atoms with Gasteiger partial charge >= 0.3 is 6.61 Å². The molecule has 1 aromatic heterocycles. The van der Waals surface area contributed by atoms with E-state index >= 15 is 0 Å². The van der Waals surface area contributed by atoms with E-state index in [-0.39, 0.29) is 11.4 Å². The first kappa shape index (κ1) is 13.6. The van der Waals surface area contributed by atoms with Gasteiger partial charge in [0.1, 0.15) is 15.8 Å². The van der Waals surface area contributed by atoms with Crippen molar-refractivity contribution in [2.24, 2.45) is 0 Å². The highest BCUT2D eigenvalue weighted by molar-refractivity contribution is 8.01. The van der Waals surface area contributed by atoms with E-state index < -0.39 is 6.61 Å². The minimum Gasteiger partial charge on any atom is -0.414 e. The SMILES string of the molecule is N#Cc1c(OC(F)F)nsc1SC1CCCCC1. The Labute approximate surface area is 112 Å². The molecule has 0 unspecified atom stereocenters. The summed E-state index contributed by atoms with van der Waals surface area (Å²) in [6.07, 6.45) is 5.86. The first-order chi connectivity index (χ1) is 8.70. The van der Waals surface area contributed by atoms with E-state index in [9.17, 15) is 8.78 Å². The third-order valence-electron chi connectivity index (χ3n) is 2.77. The number of alkyl halides is 2. The van der Waals surface area contributed by atoms with Gasteiger partial charge in [-0.05, 0) is 24.4 Å². The zero-order valence-electron chi connectivity index (χ0n) is 9.57. The lowest BCUT2D eigenvalue weighted by molar-refractivity contribution is -0.0524. The predicted molar refractivity (Wildman–Crippen MR) is 66.2 cm³/mol. The topological polar surface area (TPSA) is 45.9 Å². The molecule has 1 aliphatic carbocycles. The van der Waals surface area contributed by atoms with Crippen molar-refractivity contribution in [1.29, 1.82) is 5.26 Å². The van der Waals surface area contributed by atoms with Crippen LogP contribution in [-0.2, 0) is 0 Å². The summed E-state index contributed by atoms with van der Waals surface area (Å²) < 4.78 is 33.0. The van der Waals surface area contributed by atoms with Crippen LogP contribution in [0.3, 0.4) is 0 Å². The summed E-state index contributed by atoms with van der Waals surface area (Å²) in [4.78, 5) is 0. The Balaban J connectivity index is 2.08. The summed E-state index contributed by atoms with van der Waals surface area (Å²) in [5, 5.41) is 9.47. The maximum Gasteiger partial charge on any atom is 0.388 e. The Bertz CT molecular complexity index is 439. The molecule has 3 nitrogen and oxygen atoms in total. The van der Waals surface area contributed by atoms with Crippen molar-refractivity contribution in [1.82, 2.24) is 4.37 Å². The van der Waals surface area contributed by atoms with E-state index in [2.05, 4.69) is 9.11 Å². The van der Waals surface area contributed by atoms with Gasteiger partial charge in [0.05, 0.1) is 0 Å². The molecule has 0 aromatic carbocycles. The standard InChI is InChI=1S/C11H12F2N2OS2/c12-11(13)16-9-8(6-14)10(18-15-9)17-7-4-2-1-3-5-7/h7,11H,1-5H2. The van der Waals surface area contributed by atoms with Gasteiger partial charge in [-0.1, -0.05) is 19.3 Å². The molecule has 0 saturated heterocycles. The van der Waals surface area contributed by atoms with Gasteiger partial charge in [0.2, 0.25) is 5.88 Å². The van der Waals surface area contributed by atoms with E-state index in [1.807, 2.05) is 6.07 Å². The monoisotopic (exact) mass is 290 g/mol. The molecule has 1 aromatic rings. The third-order valence-corrected chi connectivity index (χ3v) is 5.13. The van der Waals surface area contributed by atoms with Gasteiger partial charge in [-0.3, -0.25) is 0 Å². The van der Waals surface area contributed by atoms with Crippen LogP contribution in [-0.4, -0.2) is 16.2 Å². The van der Waals surface area contributed by atoms with Gasteiger partial charge in [-0.25, -0.2) is 0 Å². The second-order valence-corrected chi connectivity index (χ2v) is 6.36. The quantitative estimate of drug-likeness (QED) is 0.839. The molecule has 0 spiro atoms. The summed E-state index contributed by atoms with van der Waals surface area (Å²) in [6, 6.07) is 1.91. The highest BCUT2D eigenvalue weighted by atomic mass is 32.2. The molecule has 1 saturated carbocycles. The summed E-state index contributed by atoms with van der Waals surface area (Å²) in [5.41, 5.74) is 0.149. The molecule has 0 atom stereocenters. The second kappa shape index (κ2) is 6.34. The minimum absolute atomic E-state index is 0.149. The molecule has 98 valence electrons. The van der Waals surface area contributed by atoms with Crippen LogP contribution < -0.4 is 4.74 Å². The first-order valence-electron chi connectivity index (χ1n) is 5.72. The van der Waals surface area contributed by atoms with E-state index in [0.29, 0.717) is 9.46 Å². The number of aromatic nitrogens is 1. The van der Waals surface area contributed by atoms with Crippen molar-refractivity contribution in [3.05, 3.63) is 5.56 Å². The van der Waals surface area contributed by atoms with E-state index in [0.717, 1.165) is 24.4 Å². The van der Waals surface area contributed by atoms with Crippen LogP contribution in [0.4, 0.5) is 8.78 Å². The van der Waals surface area contributed by atoms with Gasteiger partial charge in [-0.15, -0.1) is 11.8 Å². The summed E-state index contributed by atoms with van der Waals surface area (Å²) >= 11 is 2.64. The first-order valence-corrected chi connectivity index (χ1v) is 7.37. The molecule has 0 aliphatic heterocycles. The highest BCUT2D eigenvalue weighted by Crippen LogP contribution is 2.40. The van der Waals surface area contributed by atoms with Crippen LogP contribution in [0.1, 0.15) is 37.7 Å². The molecule has 0 radical (unpaired) electrons. The molecule has 1 aliphatic rings. The van der Waals surface area contributed by atoms with Crippen molar-refractivity contribution in [3.63, 3.8) is 0 Å². The van der Waals surface area contributed by atoms with Crippen molar-refractivity contribution < 1.29 is 13.5 Å². The Hall–Kier alpha value is -0.870. The van der Waals surface area contributed by atoms with Crippen LogP contribution in [0.5, 0.6) is 5.88 Å². The van der Waals surface area contributed by atoms with Crippen LogP contribution >= 0.6 is 23.3 Å². The van der Waals surface area contributed by atoms with Gasteiger partial charge in [0, 0.05) is 5.25 Å². The molecule has 1 fully saturated rings. The van der Waals surface area contributed by atoms with Gasteiger partial charge in [-0.2, -0.15) is 18.4 Å². The number of hydrogen-bond acceptors (Lipinski definition) is 5.